The van der Waals surface area contributed by atoms with E-state index in [-0.39, 0.29) is 28.5 Å². The number of nitrogens with zero attached hydrogens (tertiary/aromatic N) is 2. The van der Waals surface area contributed by atoms with Crippen LogP contribution in [0.2, 0.25) is 0 Å². The summed E-state index contributed by atoms with van der Waals surface area (Å²) in [5.74, 6) is -0.179. The number of rotatable bonds is 8. The molecule has 1 aromatic heterocycles. The predicted octanol–water partition coefficient (Wildman–Crippen LogP) is 6.57. The highest BCUT2D eigenvalue weighted by atomic mass is 16.6. The maximum atomic E-state index is 13.3. The third kappa shape index (κ3) is 5.33. The molecule has 1 heterocycles. The minimum atomic E-state index is -0.356. The summed E-state index contributed by atoms with van der Waals surface area (Å²) in [6, 6.07) is 25.4. The van der Waals surface area contributed by atoms with Crippen molar-refractivity contribution in [2.24, 2.45) is 0 Å². The van der Waals surface area contributed by atoms with Gasteiger partial charge in [-0.05, 0) is 35.6 Å². The monoisotopic (exact) mass is 481 g/mol. The number of amides is 1. The molecule has 0 unspecified atom stereocenters. The fourth-order valence-electron chi connectivity index (χ4n) is 5.43. The summed E-state index contributed by atoms with van der Waals surface area (Å²) in [6.45, 7) is 0.644. The van der Waals surface area contributed by atoms with Crippen molar-refractivity contribution in [2.75, 3.05) is 0 Å². The Kier molecular flexibility index (Phi) is 7.12. The molecule has 4 aromatic rings. The lowest BCUT2D eigenvalue weighted by Crippen LogP contribution is -2.36. The van der Waals surface area contributed by atoms with E-state index in [1.807, 2.05) is 54.6 Å². The zero-order chi connectivity index (χ0) is 24.9. The van der Waals surface area contributed by atoms with Crippen molar-refractivity contribution < 1.29 is 9.72 Å². The number of fused-ring (bicyclic) bond motifs is 1. The van der Waals surface area contributed by atoms with E-state index in [2.05, 4.69) is 28.2 Å². The predicted molar refractivity (Wildman–Crippen MR) is 142 cm³/mol. The summed E-state index contributed by atoms with van der Waals surface area (Å²) in [4.78, 5) is 24.5. The first-order valence-electron chi connectivity index (χ1n) is 12.7. The van der Waals surface area contributed by atoms with Gasteiger partial charge in [-0.1, -0.05) is 79.9 Å². The van der Waals surface area contributed by atoms with E-state index in [0.29, 0.717) is 13.0 Å². The molecule has 36 heavy (non-hydrogen) atoms. The van der Waals surface area contributed by atoms with E-state index >= 15 is 0 Å². The van der Waals surface area contributed by atoms with Crippen LogP contribution in [0.1, 0.15) is 61.1 Å². The molecule has 0 saturated heterocycles. The summed E-state index contributed by atoms with van der Waals surface area (Å²) in [5.41, 5.74) is 4.09. The van der Waals surface area contributed by atoms with E-state index in [1.165, 1.54) is 6.42 Å². The Morgan fingerprint density at radius 1 is 0.972 bits per heavy atom. The Morgan fingerprint density at radius 3 is 2.36 bits per heavy atom. The van der Waals surface area contributed by atoms with Crippen LogP contribution in [0.3, 0.4) is 0 Å². The van der Waals surface area contributed by atoms with Crippen LogP contribution < -0.4 is 5.32 Å². The summed E-state index contributed by atoms with van der Waals surface area (Å²) < 4.78 is 2.14. The normalized spacial score (nSPS) is 15.0. The quantitative estimate of drug-likeness (QED) is 0.228. The Morgan fingerprint density at radius 2 is 1.67 bits per heavy atom. The lowest BCUT2D eigenvalue weighted by Gasteiger charge is -2.24. The van der Waals surface area contributed by atoms with Gasteiger partial charge in [-0.2, -0.15) is 0 Å². The number of non-ortho nitro benzene ring substituents is 1. The molecule has 1 N–H and O–H groups in total. The van der Waals surface area contributed by atoms with Gasteiger partial charge in [0, 0.05) is 54.2 Å². The van der Waals surface area contributed by atoms with Crippen molar-refractivity contribution in [1.82, 2.24) is 9.88 Å². The number of carbonyl (C=O) groups excluding carboxylic acids is 1. The van der Waals surface area contributed by atoms with Gasteiger partial charge < -0.3 is 9.88 Å². The second kappa shape index (κ2) is 10.8. The van der Waals surface area contributed by atoms with E-state index in [1.54, 1.807) is 12.1 Å². The number of nitrogens with one attached hydrogen (secondary N) is 1. The highest BCUT2D eigenvalue weighted by Crippen LogP contribution is 2.37. The first-order valence-corrected chi connectivity index (χ1v) is 12.7. The number of hydrogen-bond acceptors (Lipinski definition) is 3. The van der Waals surface area contributed by atoms with Crippen LogP contribution in [0.15, 0.2) is 85.1 Å². The number of hydrogen-bond donors (Lipinski definition) is 1. The zero-order valence-corrected chi connectivity index (χ0v) is 20.3. The van der Waals surface area contributed by atoms with Gasteiger partial charge in [0.05, 0.1) is 4.92 Å². The number of aromatic nitrogens is 1. The molecule has 1 aliphatic rings. The Labute approximate surface area is 211 Å². The van der Waals surface area contributed by atoms with Crippen LogP contribution in [0.25, 0.3) is 10.9 Å². The minimum absolute atomic E-state index is 0.0325. The van der Waals surface area contributed by atoms with Crippen LogP contribution in [0.4, 0.5) is 5.69 Å². The van der Waals surface area contributed by atoms with Crippen molar-refractivity contribution >= 4 is 22.5 Å². The van der Waals surface area contributed by atoms with Gasteiger partial charge in [-0.25, -0.2) is 0 Å². The fourth-order valence-corrected chi connectivity index (χ4v) is 5.43. The summed E-state index contributed by atoms with van der Waals surface area (Å²) >= 11 is 0. The zero-order valence-electron chi connectivity index (χ0n) is 20.3. The van der Waals surface area contributed by atoms with E-state index < -0.39 is 0 Å². The van der Waals surface area contributed by atoms with Crippen LogP contribution >= 0.6 is 0 Å². The molecule has 0 spiro atoms. The molecule has 1 aliphatic carbocycles. The number of carbonyl (C=O) groups is 1. The lowest BCUT2D eigenvalue weighted by atomic mass is 9.87. The third-order valence-electron chi connectivity index (χ3n) is 7.24. The van der Waals surface area contributed by atoms with Gasteiger partial charge in [0.2, 0.25) is 5.91 Å². The molecule has 0 radical (unpaired) electrons. The van der Waals surface area contributed by atoms with E-state index in [0.717, 1.165) is 53.3 Å². The third-order valence-corrected chi connectivity index (χ3v) is 7.24. The highest BCUT2D eigenvalue weighted by Gasteiger charge is 2.25. The van der Waals surface area contributed by atoms with Crippen molar-refractivity contribution in [3.05, 3.63) is 112 Å². The molecular weight excluding hydrogens is 450 g/mol. The topological polar surface area (TPSA) is 77.2 Å². The van der Waals surface area contributed by atoms with Crippen LogP contribution in [-0.4, -0.2) is 21.4 Å². The fraction of sp³-hybridized carbons (Fsp3) is 0.300. The summed E-state index contributed by atoms with van der Waals surface area (Å²) in [5, 5.41) is 15.7. The molecule has 3 aromatic carbocycles. The maximum absolute atomic E-state index is 13.3. The molecule has 6 nitrogen and oxygen atoms in total. The largest absolute Gasteiger partial charge is 0.353 e. The first kappa shape index (κ1) is 23.8. The van der Waals surface area contributed by atoms with Gasteiger partial charge in [0.25, 0.3) is 5.69 Å². The first-order chi connectivity index (χ1) is 17.6. The van der Waals surface area contributed by atoms with Crippen molar-refractivity contribution in [3.63, 3.8) is 0 Å². The highest BCUT2D eigenvalue weighted by molar-refractivity contribution is 5.88. The van der Waals surface area contributed by atoms with Crippen molar-refractivity contribution in [2.45, 2.75) is 57.0 Å². The van der Waals surface area contributed by atoms with Crippen LogP contribution in [0, 0.1) is 10.1 Å². The SMILES string of the molecule is O=C(C[C@H](c1ccccc1)c1cn(Cc2ccccc2)c2ccc([N+](=O)[O-])cc12)NC1CCCCC1. The lowest BCUT2D eigenvalue weighted by molar-refractivity contribution is -0.384. The van der Waals surface area contributed by atoms with Gasteiger partial charge in [0.1, 0.15) is 0 Å². The van der Waals surface area contributed by atoms with Crippen LogP contribution in [-0.2, 0) is 11.3 Å². The number of nitro benzene ring substituents is 1. The Bertz CT molecular complexity index is 1340. The molecule has 5 rings (SSSR count). The second-order valence-electron chi connectivity index (χ2n) is 9.73. The minimum Gasteiger partial charge on any atom is -0.353 e. The molecule has 1 amide bonds. The average Bonchev–Trinajstić information content (AvgIpc) is 3.26. The molecule has 6 heteroatoms. The molecule has 0 bridgehead atoms. The average molecular weight is 482 g/mol. The second-order valence-corrected chi connectivity index (χ2v) is 9.73. The molecule has 1 saturated carbocycles. The van der Waals surface area contributed by atoms with E-state index in [9.17, 15) is 14.9 Å². The van der Waals surface area contributed by atoms with Crippen molar-refractivity contribution in [3.8, 4) is 0 Å². The smallest absolute Gasteiger partial charge is 0.270 e. The van der Waals surface area contributed by atoms with Gasteiger partial charge in [-0.3, -0.25) is 14.9 Å². The van der Waals surface area contributed by atoms with Gasteiger partial charge >= 0.3 is 0 Å². The molecular formula is C30H31N3O3. The number of benzene rings is 3. The Balaban J connectivity index is 1.56. The van der Waals surface area contributed by atoms with E-state index in [4.69, 9.17) is 0 Å². The number of nitro groups is 1. The maximum Gasteiger partial charge on any atom is 0.270 e. The van der Waals surface area contributed by atoms with Crippen LogP contribution in [0.5, 0.6) is 0 Å². The summed E-state index contributed by atoms with van der Waals surface area (Å²) in [6.07, 6.45) is 7.99. The van der Waals surface area contributed by atoms with Gasteiger partial charge in [0.15, 0.2) is 0 Å². The standard InChI is InChI=1S/C30H31N3O3/c34-30(31-24-14-8-3-9-15-24)19-26(23-12-6-2-7-13-23)28-21-32(20-22-10-4-1-5-11-22)29-17-16-25(33(35)36)18-27(28)29/h1-2,4-7,10-13,16-18,21,24,26H,3,8-9,14-15,19-20H2,(H,31,34)/t26-/m1/s1. The Hall–Kier alpha value is -3.93. The van der Waals surface area contributed by atoms with Gasteiger partial charge in [-0.15, -0.1) is 0 Å². The summed E-state index contributed by atoms with van der Waals surface area (Å²) in [7, 11) is 0. The van der Waals surface area contributed by atoms with Crippen molar-refractivity contribution in [1.29, 1.82) is 0 Å². The molecule has 0 aliphatic heterocycles. The molecule has 184 valence electrons. The molecule has 1 atom stereocenters. The molecule has 1 fully saturated rings.